The van der Waals surface area contributed by atoms with Gasteiger partial charge in [0.2, 0.25) is 17.8 Å². The minimum Gasteiger partial charge on any atom is -0.492 e. The molecule has 2 N–H and O–H groups in total. The molecule has 202 valence electrons. The molecular formula is C29H34N8O2. The lowest BCUT2D eigenvalue weighted by molar-refractivity contribution is -0.127. The van der Waals surface area contributed by atoms with Gasteiger partial charge in [0, 0.05) is 31.0 Å². The summed E-state index contributed by atoms with van der Waals surface area (Å²) in [5.41, 5.74) is 3.15. The van der Waals surface area contributed by atoms with Crippen LogP contribution in [-0.2, 0) is 4.79 Å². The Morgan fingerprint density at radius 1 is 1.10 bits per heavy atom. The predicted octanol–water partition coefficient (Wildman–Crippen LogP) is 4.60. The van der Waals surface area contributed by atoms with E-state index in [4.69, 9.17) is 14.7 Å². The molecule has 5 rings (SSSR count). The maximum atomic E-state index is 12.4. The highest BCUT2D eigenvalue weighted by atomic mass is 16.5. The number of piperidine rings is 1. The Bertz CT molecular complexity index is 1420. The normalized spacial score (nSPS) is 15.4. The zero-order valence-corrected chi connectivity index (χ0v) is 22.4. The van der Waals surface area contributed by atoms with Crippen LogP contribution in [0.4, 0.5) is 23.3 Å². The van der Waals surface area contributed by atoms with Gasteiger partial charge in [-0.05, 0) is 69.4 Å². The Morgan fingerprint density at radius 3 is 2.62 bits per heavy atom. The number of imidazole rings is 1. The van der Waals surface area contributed by atoms with Crippen molar-refractivity contribution in [3.8, 4) is 5.75 Å². The molecule has 1 aliphatic heterocycles. The van der Waals surface area contributed by atoms with Crippen LogP contribution < -0.4 is 15.4 Å². The number of likely N-dealkylation sites (tertiary alicyclic amines) is 1. The number of ether oxygens (including phenoxy) is 1. The highest BCUT2D eigenvalue weighted by molar-refractivity contribution is 5.87. The number of hydrogen-bond donors (Lipinski definition) is 2. The van der Waals surface area contributed by atoms with Crippen LogP contribution in [0.15, 0.2) is 73.4 Å². The average molecular weight is 527 g/mol. The zero-order chi connectivity index (χ0) is 27.2. The molecule has 0 bridgehead atoms. The Labute approximate surface area is 228 Å². The van der Waals surface area contributed by atoms with Crippen LogP contribution in [0.2, 0.25) is 0 Å². The summed E-state index contributed by atoms with van der Waals surface area (Å²) in [5.74, 6) is 1.88. The topological polar surface area (TPSA) is 100 Å². The van der Waals surface area contributed by atoms with E-state index in [1.54, 1.807) is 6.20 Å². The van der Waals surface area contributed by atoms with E-state index in [1.807, 2.05) is 73.6 Å². The second kappa shape index (κ2) is 12.0. The lowest BCUT2D eigenvalue weighted by atomic mass is 10.1. The summed E-state index contributed by atoms with van der Waals surface area (Å²) in [6, 6.07) is 17.6. The van der Waals surface area contributed by atoms with Crippen molar-refractivity contribution in [2.75, 3.05) is 51.0 Å². The molecule has 1 unspecified atom stereocenters. The van der Waals surface area contributed by atoms with Crippen molar-refractivity contribution in [2.45, 2.75) is 18.9 Å². The number of hydrogen-bond acceptors (Lipinski definition) is 8. The fraction of sp³-hybridized carbons (Fsp3) is 0.310. The van der Waals surface area contributed by atoms with Gasteiger partial charge >= 0.3 is 0 Å². The van der Waals surface area contributed by atoms with Gasteiger partial charge in [-0.1, -0.05) is 24.8 Å². The number of likely N-dealkylation sites (N-methyl/N-ethyl adjacent to an activating group) is 1. The second-order valence-corrected chi connectivity index (χ2v) is 9.78. The lowest BCUT2D eigenvalue weighted by Gasteiger charge is -2.33. The van der Waals surface area contributed by atoms with Gasteiger partial charge in [-0.15, -0.1) is 0 Å². The molecule has 3 heterocycles. The molecule has 2 aromatic carbocycles. The highest BCUT2D eigenvalue weighted by Gasteiger charge is 2.28. The van der Waals surface area contributed by atoms with Crippen molar-refractivity contribution in [2.24, 2.45) is 0 Å². The molecule has 10 heteroatoms. The number of benzene rings is 2. The van der Waals surface area contributed by atoms with Gasteiger partial charge in [-0.3, -0.25) is 9.36 Å². The molecule has 0 spiro atoms. The Morgan fingerprint density at radius 2 is 1.87 bits per heavy atom. The number of carbonyl (C=O) groups excluding carboxylic acids is 1. The molecule has 10 nitrogen and oxygen atoms in total. The highest BCUT2D eigenvalue weighted by Crippen LogP contribution is 2.31. The molecule has 1 fully saturated rings. The van der Waals surface area contributed by atoms with Crippen molar-refractivity contribution in [1.82, 2.24) is 29.3 Å². The summed E-state index contributed by atoms with van der Waals surface area (Å²) in [6.45, 7) is 6.41. The molecule has 1 amide bonds. The molecule has 4 aromatic rings. The third-order valence-electron chi connectivity index (χ3n) is 6.63. The summed E-state index contributed by atoms with van der Waals surface area (Å²) in [7, 11) is 4.04. The van der Waals surface area contributed by atoms with Crippen LogP contribution in [-0.4, -0.2) is 75.6 Å². The van der Waals surface area contributed by atoms with Crippen LogP contribution in [0.3, 0.4) is 0 Å². The lowest BCUT2D eigenvalue weighted by Crippen LogP contribution is -2.40. The van der Waals surface area contributed by atoms with Crippen LogP contribution in [0.5, 0.6) is 5.75 Å². The number of anilines is 4. The zero-order valence-electron chi connectivity index (χ0n) is 22.4. The summed E-state index contributed by atoms with van der Waals surface area (Å²) in [6.07, 6.45) is 4.89. The van der Waals surface area contributed by atoms with Crippen molar-refractivity contribution < 1.29 is 9.53 Å². The van der Waals surface area contributed by atoms with E-state index in [0.29, 0.717) is 42.8 Å². The third-order valence-corrected chi connectivity index (χ3v) is 6.63. The fourth-order valence-electron chi connectivity index (χ4n) is 4.64. The number of aromatic nitrogens is 4. The molecule has 0 aliphatic carbocycles. The van der Waals surface area contributed by atoms with Gasteiger partial charge in [0.1, 0.15) is 17.9 Å². The number of nitrogens with zero attached hydrogens (tertiary/aromatic N) is 6. The molecule has 2 aromatic heterocycles. The Hall–Kier alpha value is -4.44. The van der Waals surface area contributed by atoms with E-state index >= 15 is 0 Å². The van der Waals surface area contributed by atoms with Crippen molar-refractivity contribution in [1.29, 1.82) is 0 Å². The number of nitrogens with one attached hydrogen (secondary N) is 2. The standard InChI is InChI=1S/C29H34N8O2/c1-4-26(38)36-16-8-11-23(20-36)37-27-25(33-29(37)32-21-9-6-5-7-10-21)19-30-28(34-27)31-22-12-14-24(15-13-22)39-18-17-35(2)3/h4-7,9-10,12-15,19,23H,1,8,11,16-18,20H2,2-3H3,(H,32,33)(H,30,31,34). The number of carbonyl (C=O) groups is 1. The Kier molecular flexibility index (Phi) is 8.02. The van der Waals surface area contributed by atoms with E-state index in [2.05, 4.69) is 31.7 Å². The summed E-state index contributed by atoms with van der Waals surface area (Å²) < 4.78 is 7.89. The van der Waals surface area contributed by atoms with E-state index in [-0.39, 0.29) is 11.9 Å². The summed E-state index contributed by atoms with van der Waals surface area (Å²) >= 11 is 0. The smallest absolute Gasteiger partial charge is 0.246 e. The Balaban J connectivity index is 1.43. The summed E-state index contributed by atoms with van der Waals surface area (Å²) in [5, 5.41) is 6.74. The minimum atomic E-state index is -0.0622. The van der Waals surface area contributed by atoms with Gasteiger partial charge < -0.3 is 25.2 Å². The van der Waals surface area contributed by atoms with Crippen LogP contribution in [0, 0.1) is 0 Å². The maximum Gasteiger partial charge on any atom is 0.246 e. The molecule has 39 heavy (non-hydrogen) atoms. The first-order valence-electron chi connectivity index (χ1n) is 13.1. The van der Waals surface area contributed by atoms with E-state index in [9.17, 15) is 4.79 Å². The number of amides is 1. The second-order valence-electron chi connectivity index (χ2n) is 9.78. The van der Waals surface area contributed by atoms with Gasteiger partial charge in [-0.2, -0.15) is 4.98 Å². The average Bonchev–Trinajstić information content (AvgIpc) is 3.31. The van der Waals surface area contributed by atoms with Gasteiger partial charge in [0.05, 0.1) is 12.2 Å². The first-order valence-corrected chi connectivity index (χ1v) is 13.1. The van der Waals surface area contributed by atoms with Crippen molar-refractivity contribution in [3.05, 3.63) is 73.4 Å². The number of para-hydroxylation sites is 1. The van der Waals surface area contributed by atoms with Gasteiger partial charge in [0.25, 0.3) is 0 Å². The fourth-order valence-corrected chi connectivity index (χ4v) is 4.64. The minimum absolute atomic E-state index is 0.000195. The van der Waals surface area contributed by atoms with E-state index in [1.165, 1.54) is 6.08 Å². The van der Waals surface area contributed by atoms with Gasteiger partial charge in [-0.25, -0.2) is 9.97 Å². The first kappa shape index (κ1) is 26.2. The van der Waals surface area contributed by atoms with Gasteiger partial charge in [0.15, 0.2) is 5.65 Å². The van der Waals surface area contributed by atoms with E-state index < -0.39 is 0 Å². The molecule has 1 atom stereocenters. The van der Waals surface area contributed by atoms with Crippen LogP contribution in [0.1, 0.15) is 18.9 Å². The molecular weight excluding hydrogens is 492 g/mol. The molecule has 0 saturated carbocycles. The van der Waals surface area contributed by atoms with Crippen molar-refractivity contribution >= 4 is 40.3 Å². The number of rotatable bonds is 10. The van der Waals surface area contributed by atoms with Crippen molar-refractivity contribution in [3.63, 3.8) is 0 Å². The quantitative estimate of drug-likeness (QED) is 0.289. The first-order chi connectivity index (χ1) is 19.0. The molecule has 0 radical (unpaired) electrons. The monoisotopic (exact) mass is 526 g/mol. The maximum absolute atomic E-state index is 12.4. The molecule has 1 aliphatic rings. The predicted molar refractivity (Wildman–Crippen MR) is 154 cm³/mol. The third kappa shape index (κ3) is 6.35. The molecule has 1 saturated heterocycles. The van der Waals surface area contributed by atoms with Crippen LogP contribution in [0.25, 0.3) is 11.2 Å². The largest absolute Gasteiger partial charge is 0.492 e. The van der Waals surface area contributed by atoms with E-state index in [0.717, 1.165) is 36.5 Å². The number of fused-ring (bicyclic) bond motifs is 1. The summed E-state index contributed by atoms with van der Waals surface area (Å²) in [4.78, 5) is 30.5. The van der Waals surface area contributed by atoms with Crippen LogP contribution >= 0.6 is 0 Å². The SMILES string of the molecule is C=CC(=O)N1CCCC(n2c(Nc3ccccc3)nc3cnc(Nc4ccc(OCCN(C)C)cc4)nc32)C1.